The Bertz CT molecular complexity index is 1030. The third-order valence-corrected chi connectivity index (χ3v) is 5.88. The fraction of sp³-hybridized carbons (Fsp3) is 0.391. The second-order valence-corrected chi connectivity index (χ2v) is 8.37. The molecule has 0 aliphatic carbocycles. The molecule has 3 aromatic rings. The highest BCUT2D eigenvalue weighted by atomic mass is 19.3. The lowest BCUT2D eigenvalue weighted by atomic mass is 9.72. The number of fused-ring (bicyclic) bond motifs is 2. The lowest BCUT2D eigenvalue weighted by Crippen LogP contribution is -2.46. The average molecular weight is 421 g/mol. The van der Waals surface area contributed by atoms with Gasteiger partial charge in [0.05, 0.1) is 13.3 Å². The number of aromatic amines is 1. The minimum Gasteiger partial charge on any atom is -0.493 e. The number of benzene rings is 2. The number of rotatable bonds is 7. The fourth-order valence-corrected chi connectivity index (χ4v) is 4.38. The number of aromatic nitrogens is 1. The molecule has 1 aliphatic rings. The van der Waals surface area contributed by atoms with Crippen LogP contribution in [0.3, 0.4) is 0 Å². The molecule has 2 unspecified atom stereocenters. The number of aliphatic hydroxyl groups is 1. The SMILES string of the molecule is CC(CF)(CC(O)(Cc1cc2ccccc2[nH]1)C(F)F)c1cc(F)cc2c1OCC2. The maximum atomic E-state index is 14.3. The molecule has 3 nitrogen and oxygen atoms in total. The summed E-state index contributed by atoms with van der Waals surface area (Å²) in [6.07, 6.45) is -3.65. The van der Waals surface area contributed by atoms with Gasteiger partial charge in [0, 0.05) is 40.6 Å². The van der Waals surface area contributed by atoms with E-state index < -0.39 is 42.8 Å². The van der Waals surface area contributed by atoms with E-state index >= 15 is 0 Å². The van der Waals surface area contributed by atoms with Crippen molar-refractivity contribution in [2.75, 3.05) is 13.3 Å². The molecule has 0 fully saturated rings. The Hall–Kier alpha value is -2.54. The summed E-state index contributed by atoms with van der Waals surface area (Å²) in [5, 5.41) is 11.8. The molecule has 30 heavy (non-hydrogen) atoms. The van der Waals surface area contributed by atoms with E-state index in [1.807, 2.05) is 18.2 Å². The third-order valence-electron chi connectivity index (χ3n) is 5.88. The van der Waals surface area contributed by atoms with Gasteiger partial charge in [-0.2, -0.15) is 0 Å². The van der Waals surface area contributed by atoms with Crippen molar-refractivity contribution < 1.29 is 27.4 Å². The first-order valence-corrected chi connectivity index (χ1v) is 9.83. The highest BCUT2D eigenvalue weighted by Crippen LogP contribution is 2.44. The van der Waals surface area contributed by atoms with Gasteiger partial charge in [0.1, 0.15) is 17.2 Å². The predicted octanol–water partition coefficient (Wildman–Crippen LogP) is 5.10. The van der Waals surface area contributed by atoms with Crippen molar-refractivity contribution in [2.24, 2.45) is 0 Å². The highest BCUT2D eigenvalue weighted by Gasteiger charge is 2.47. The van der Waals surface area contributed by atoms with Gasteiger partial charge in [0.25, 0.3) is 6.43 Å². The number of hydrogen-bond donors (Lipinski definition) is 2. The minimum atomic E-state index is -3.13. The van der Waals surface area contributed by atoms with Crippen molar-refractivity contribution in [1.82, 2.24) is 4.98 Å². The summed E-state index contributed by atoms with van der Waals surface area (Å²) in [6, 6.07) is 11.4. The predicted molar refractivity (Wildman–Crippen MR) is 106 cm³/mol. The highest BCUT2D eigenvalue weighted by molar-refractivity contribution is 5.80. The molecule has 1 aliphatic heterocycles. The molecule has 2 aromatic carbocycles. The quantitative estimate of drug-likeness (QED) is 0.522. The van der Waals surface area contributed by atoms with Crippen LogP contribution in [0.25, 0.3) is 10.9 Å². The first-order valence-electron chi connectivity index (χ1n) is 9.83. The van der Waals surface area contributed by atoms with Gasteiger partial charge in [0.15, 0.2) is 0 Å². The van der Waals surface area contributed by atoms with Crippen molar-refractivity contribution in [2.45, 2.75) is 43.6 Å². The van der Waals surface area contributed by atoms with Crippen molar-refractivity contribution >= 4 is 10.9 Å². The van der Waals surface area contributed by atoms with Gasteiger partial charge in [-0.15, -0.1) is 0 Å². The normalized spacial score (nSPS) is 17.6. The van der Waals surface area contributed by atoms with Gasteiger partial charge >= 0.3 is 0 Å². The molecule has 2 atom stereocenters. The van der Waals surface area contributed by atoms with Crippen LogP contribution in [0.4, 0.5) is 17.6 Å². The Balaban J connectivity index is 1.70. The van der Waals surface area contributed by atoms with E-state index in [-0.39, 0.29) is 5.56 Å². The number of hydrogen-bond acceptors (Lipinski definition) is 2. The molecule has 2 heterocycles. The first kappa shape index (κ1) is 20.7. The smallest absolute Gasteiger partial charge is 0.267 e. The Kier molecular flexibility index (Phi) is 5.26. The number of H-pyrrole nitrogens is 1. The van der Waals surface area contributed by atoms with E-state index in [9.17, 15) is 22.7 Å². The number of alkyl halides is 3. The summed E-state index contributed by atoms with van der Waals surface area (Å²) in [5.74, 6) is -0.246. The van der Waals surface area contributed by atoms with Crippen molar-refractivity contribution in [3.63, 3.8) is 0 Å². The fourth-order valence-electron chi connectivity index (χ4n) is 4.38. The van der Waals surface area contributed by atoms with Crippen molar-refractivity contribution in [3.05, 3.63) is 65.1 Å². The van der Waals surface area contributed by atoms with Crippen LogP contribution in [-0.2, 0) is 18.3 Å². The molecule has 0 bridgehead atoms. The maximum Gasteiger partial charge on any atom is 0.267 e. The Morgan fingerprint density at radius 1 is 1.20 bits per heavy atom. The second-order valence-electron chi connectivity index (χ2n) is 8.37. The van der Waals surface area contributed by atoms with Gasteiger partial charge in [-0.3, -0.25) is 4.39 Å². The van der Waals surface area contributed by atoms with Crippen LogP contribution in [0.5, 0.6) is 5.75 Å². The van der Waals surface area contributed by atoms with Crippen LogP contribution in [0.15, 0.2) is 42.5 Å². The molecule has 0 spiro atoms. The molecule has 1 aromatic heterocycles. The van der Waals surface area contributed by atoms with Crippen LogP contribution >= 0.6 is 0 Å². The van der Waals surface area contributed by atoms with Gasteiger partial charge in [-0.1, -0.05) is 25.1 Å². The molecule has 0 saturated heterocycles. The topological polar surface area (TPSA) is 45.2 Å². The summed E-state index contributed by atoms with van der Waals surface area (Å²) in [4.78, 5) is 3.03. The van der Waals surface area contributed by atoms with Crippen LogP contribution in [0.2, 0.25) is 0 Å². The van der Waals surface area contributed by atoms with E-state index in [4.69, 9.17) is 4.74 Å². The third kappa shape index (κ3) is 3.67. The monoisotopic (exact) mass is 421 g/mol. The maximum absolute atomic E-state index is 14.3. The molecule has 0 radical (unpaired) electrons. The van der Waals surface area contributed by atoms with Gasteiger partial charge < -0.3 is 14.8 Å². The molecule has 4 rings (SSSR count). The van der Waals surface area contributed by atoms with E-state index in [0.717, 1.165) is 17.0 Å². The van der Waals surface area contributed by atoms with E-state index in [1.54, 1.807) is 12.1 Å². The number of ether oxygens (including phenoxy) is 1. The van der Waals surface area contributed by atoms with Crippen molar-refractivity contribution in [3.8, 4) is 5.75 Å². The van der Waals surface area contributed by atoms with E-state index in [0.29, 0.717) is 30.0 Å². The number of para-hydroxylation sites is 1. The zero-order valence-corrected chi connectivity index (χ0v) is 16.5. The Labute approximate surface area is 171 Å². The molecule has 160 valence electrons. The zero-order chi connectivity index (χ0) is 21.5. The first-order chi connectivity index (χ1) is 14.2. The Morgan fingerprint density at radius 2 is 1.97 bits per heavy atom. The zero-order valence-electron chi connectivity index (χ0n) is 16.5. The van der Waals surface area contributed by atoms with Gasteiger partial charge in [-0.05, 0) is 36.1 Å². The van der Waals surface area contributed by atoms with E-state index in [1.165, 1.54) is 13.0 Å². The molecule has 0 saturated carbocycles. The lowest BCUT2D eigenvalue weighted by molar-refractivity contribution is -0.113. The van der Waals surface area contributed by atoms with Crippen LogP contribution in [0.1, 0.15) is 30.2 Å². The van der Waals surface area contributed by atoms with Crippen LogP contribution in [0, 0.1) is 5.82 Å². The standard InChI is InChI=1S/C23H23F4NO2/c1-22(13-24,18-10-16(25)8-15-6-7-30-20(15)18)12-23(29,21(26)27)11-17-9-14-4-2-3-5-19(14)28-17/h2-5,8-10,21,28-29H,6-7,11-13H2,1H3. The van der Waals surface area contributed by atoms with Crippen LogP contribution in [-0.4, -0.2) is 35.4 Å². The van der Waals surface area contributed by atoms with Crippen LogP contribution < -0.4 is 4.74 Å². The summed E-state index contributed by atoms with van der Waals surface area (Å²) in [7, 11) is 0. The van der Waals surface area contributed by atoms with E-state index in [2.05, 4.69) is 4.98 Å². The minimum absolute atomic E-state index is 0.174. The van der Waals surface area contributed by atoms with Gasteiger partial charge in [0.2, 0.25) is 0 Å². The lowest BCUT2D eigenvalue weighted by Gasteiger charge is -2.37. The summed E-state index contributed by atoms with van der Waals surface area (Å²) in [5.41, 5.74) is -2.13. The molecular formula is C23H23F4NO2. The summed E-state index contributed by atoms with van der Waals surface area (Å²) >= 11 is 0. The largest absolute Gasteiger partial charge is 0.493 e. The Morgan fingerprint density at radius 3 is 2.67 bits per heavy atom. The summed E-state index contributed by atoms with van der Waals surface area (Å²) < 4.78 is 62.1. The average Bonchev–Trinajstić information content (AvgIpc) is 3.32. The van der Waals surface area contributed by atoms with Crippen molar-refractivity contribution in [1.29, 1.82) is 0 Å². The second kappa shape index (κ2) is 7.61. The molecule has 7 heteroatoms. The molecular weight excluding hydrogens is 398 g/mol. The van der Waals surface area contributed by atoms with Gasteiger partial charge in [-0.25, -0.2) is 13.2 Å². The molecule has 0 amide bonds. The molecule has 2 N–H and O–H groups in total. The number of halogens is 4. The number of nitrogens with one attached hydrogen (secondary N) is 1. The summed E-state index contributed by atoms with van der Waals surface area (Å²) in [6.45, 7) is 0.693.